The molecule has 5 heteroatoms. The lowest BCUT2D eigenvalue weighted by atomic mass is 10.0. The van der Waals surface area contributed by atoms with E-state index in [4.69, 9.17) is 4.74 Å². The lowest BCUT2D eigenvalue weighted by Gasteiger charge is -2.22. The smallest absolute Gasteiger partial charge is 0.424 e. The van der Waals surface area contributed by atoms with Crippen LogP contribution in [0.3, 0.4) is 0 Å². The van der Waals surface area contributed by atoms with Crippen LogP contribution in [-0.2, 0) is 11.3 Å². The number of hydrazine groups is 1. The summed E-state index contributed by atoms with van der Waals surface area (Å²) in [7, 11) is 0. The number of ether oxygens (including phenoxy) is 1. The summed E-state index contributed by atoms with van der Waals surface area (Å²) in [6.07, 6.45) is 21.1. The maximum Gasteiger partial charge on any atom is 0.424 e. The average molecular weight is 463 g/mol. The first-order valence-corrected chi connectivity index (χ1v) is 13.6. The Labute approximate surface area is 203 Å². The lowest BCUT2D eigenvalue weighted by molar-refractivity contribution is 0.0677. The molecule has 33 heavy (non-hydrogen) atoms. The highest BCUT2D eigenvalue weighted by atomic mass is 16.6. The van der Waals surface area contributed by atoms with Gasteiger partial charge in [0.1, 0.15) is 6.61 Å². The summed E-state index contributed by atoms with van der Waals surface area (Å²) in [5.74, 6) is 0. The summed E-state index contributed by atoms with van der Waals surface area (Å²) in [4.78, 5) is 12.2. The molecule has 190 valence electrons. The fourth-order valence-corrected chi connectivity index (χ4v) is 4.02. The second-order valence-corrected chi connectivity index (χ2v) is 9.13. The SMILES string of the molecule is CCCCCCCCCCCCCCCCCCNN(CCO)C(=O)OCc1ccccc1. The van der Waals surface area contributed by atoms with Crippen molar-refractivity contribution in [2.45, 2.75) is 116 Å². The first-order chi connectivity index (χ1) is 16.3. The molecule has 0 atom stereocenters. The van der Waals surface area contributed by atoms with Crippen molar-refractivity contribution in [3.05, 3.63) is 35.9 Å². The zero-order valence-electron chi connectivity index (χ0n) is 21.2. The van der Waals surface area contributed by atoms with Crippen molar-refractivity contribution >= 4 is 6.09 Å². The molecule has 0 spiro atoms. The number of aliphatic hydroxyl groups is 1. The van der Waals surface area contributed by atoms with E-state index in [1.165, 1.54) is 94.9 Å². The van der Waals surface area contributed by atoms with Crippen molar-refractivity contribution in [3.63, 3.8) is 0 Å². The second kappa shape index (κ2) is 22.2. The van der Waals surface area contributed by atoms with Crippen LogP contribution in [0, 0.1) is 0 Å². The molecule has 0 bridgehead atoms. The van der Waals surface area contributed by atoms with Crippen LogP contribution in [0.25, 0.3) is 0 Å². The third-order valence-corrected chi connectivity index (χ3v) is 6.08. The van der Waals surface area contributed by atoms with Crippen molar-refractivity contribution < 1.29 is 14.6 Å². The van der Waals surface area contributed by atoms with Gasteiger partial charge < -0.3 is 9.84 Å². The van der Waals surface area contributed by atoms with Gasteiger partial charge in [-0.05, 0) is 12.0 Å². The maximum atomic E-state index is 12.2. The number of benzene rings is 1. The Kier molecular flexibility index (Phi) is 19.8. The van der Waals surface area contributed by atoms with Gasteiger partial charge in [-0.25, -0.2) is 15.2 Å². The Morgan fingerprint density at radius 1 is 0.788 bits per heavy atom. The minimum absolute atomic E-state index is 0.0909. The second-order valence-electron chi connectivity index (χ2n) is 9.13. The first kappa shape index (κ1) is 29.4. The van der Waals surface area contributed by atoms with Crippen molar-refractivity contribution in [3.8, 4) is 0 Å². The molecule has 0 aromatic heterocycles. The number of carbonyl (C=O) groups excluding carboxylic acids is 1. The highest BCUT2D eigenvalue weighted by molar-refractivity contribution is 5.67. The molecule has 0 heterocycles. The van der Waals surface area contributed by atoms with E-state index in [0.717, 1.165) is 24.9 Å². The first-order valence-electron chi connectivity index (χ1n) is 13.6. The number of unbranched alkanes of at least 4 members (excludes halogenated alkanes) is 15. The van der Waals surface area contributed by atoms with E-state index < -0.39 is 6.09 Å². The topological polar surface area (TPSA) is 61.8 Å². The van der Waals surface area contributed by atoms with E-state index in [2.05, 4.69) is 12.3 Å². The Bertz CT molecular complexity index is 553. The molecular formula is C28H50N2O3. The van der Waals surface area contributed by atoms with Crippen LogP contribution in [0.15, 0.2) is 30.3 Å². The number of amides is 1. The Morgan fingerprint density at radius 2 is 1.27 bits per heavy atom. The molecule has 5 nitrogen and oxygen atoms in total. The number of hydrogen-bond acceptors (Lipinski definition) is 4. The fourth-order valence-electron chi connectivity index (χ4n) is 4.02. The largest absolute Gasteiger partial charge is 0.444 e. The molecule has 0 fully saturated rings. The third kappa shape index (κ3) is 17.5. The van der Waals surface area contributed by atoms with Crippen molar-refractivity contribution in [1.29, 1.82) is 0 Å². The highest BCUT2D eigenvalue weighted by Crippen LogP contribution is 2.13. The molecule has 0 aliphatic heterocycles. The molecular weight excluding hydrogens is 412 g/mol. The summed E-state index contributed by atoms with van der Waals surface area (Å²) in [6, 6.07) is 9.62. The molecule has 0 unspecified atom stereocenters. The van der Waals surface area contributed by atoms with Crippen LogP contribution < -0.4 is 5.43 Å². The maximum absolute atomic E-state index is 12.2. The van der Waals surface area contributed by atoms with E-state index in [1.807, 2.05) is 30.3 Å². The number of carbonyl (C=O) groups is 1. The molecule has 1 rings (SSSR count). The standard InChI is InChI=1S/C28H50N2O3/c1-2-3-4-5-6-7-8-9-10-11-12-13-14-15-16-20-23-29-30(24-25-31)28(32)33-26-27-21-18-17-19-22-27/h17-19,21-22,29,31H,2-16,20,23-26H2,1H3. The van der Waals surface area contributed by atoms with Crippen molar-refractivity contribution in [1.82, 2.24) is 10.4 Å². The average Bonchev–Trinajstić information content (AvgIpc) is 2.84. The van der Waals surface area contributed by atoms with Crippen molar-refractivity contribution in [2.24, 2.45) is 0 Å². The van der Waals surface area contributed by atoms with Gasteiger partial charge in [-0.3, -0.25) is 0 Å². The molecule has 0 aliphatic carbocycles. The monoisotopic (exact) mass is 462 g/mol. The van der Waals surface area contributed by atoms with E-state index in [-0.39, 0.29) is 19.8 Å². The number of nitrogens with zero attached hydrogens (tertiary/aromatic N) is 1. The highest BCUT2D eigenvalue weighted by Gasteiger charge is 2.13. The number of hydrogen-bond donors (Lipinski definition) is 2. The Balaban J connectivity index is 1.91. The van der Waals surface area contributed by atoms with Gasteiger partial charge in [0.15, 0.2) is 0 Å². The predicted molar refractivity (Wildman–Crippen MR) is 138 cm³/mol. The molecule has 1 aromatic carbocycles. The fraction of sp³-hybridized carbons (Fsp3) is 0.750. The summed E-state index contributed by atoms with van der Waals surface area (Å²) >= 11 is 0. The number of rotatable bonds is 22. The van der Waals surface area contributed by atoms with Gasteiger partial charge in [0, 0.05) is 6.54 Å². The number of nitrogens with one attached hydrogen (secondary N) is 1. The molecule has 0 saturated heterocycles. The molecule has 2 N–H and O–H groups in total. The molecule has 0 radical (unpaired) electrons. The van der Waals surface area contributed by atoms with Crippen LogP contribution in [0.5, 0.6) is 0 Å². The van der Waals surface area contributed by atoms with Crippen LogP contribution in [0.4, 0.5) is 4.79 Å². The van der Waals surface area contributed by atoms with Gasteiger partial charge in [0.2, 0.25) is 0 Å². The Hall–Kier alpha value is -1.59. The zero-order chi connectivity index (χ0) is 23.8. The minimum Gasteiger partial charge on any atom is -0.444 e. The normalized spacial score (nSPS) is 11.0. The molecule has 0 aliphatic rings. The third-order valence-electron chi connectivity index (χ3n) is 6.08. The van der Waals surface area contributed by atoms with Gasteiger partial charge in [-0.1, -0.05) is 134 Å². The van der Waals surface area contributed by atoms with E-state index in [1.54, 1.807) is 0 Å². The summed E-state index contributed by atoms with van der Waals surface area (Å²) < 4.78 is 5.34. The minimum atomic E-state index is -0.440. The lowest BCUT2D eigenvalue weighted by Crippen LogP contribution is -2.45. The quantitative estimate of drug-likeness (QED) is 0.139. The van der Waals surface area contributed by atoms with Gasteiger partial charge in [0.25, 0.3) is 0 Å². The van der Waals surface area contributed by atoms with Crippen molar-refractivity contribution in [2.75, 3.05) is 19.7 Å². The van der Waals surface area contributed by atoms with Crippen LogP contribution in [0.1, 0.15) is 115 Å². The summed E-state index contributed by atoms with van der Waals surface area (Å²) in [5, 5.41) is 10.6. The van der Waals surface area contributed by atoms with Gasteiger partial charge in [-0.15, -0.1) is 0 Å². The van der Waals surface area contributed by atoms with Crippen LogP contribution >= 0.6 is 0 Å². The molecule has 1 aromatic rings. The predicted octanol–water partition coefficient (Wildman–Crippen LogP) is 7.38. The van der Waals surface area contributed by atoms with Gasteiger partial charge in [0.05, 0.1) is 13.2 Å². The summed E-state index contributed by atoms with van der Waals surface area (Å²) in [5.41, 5.74) is 4.06. The van der Waals surface area contributed by atoms with Crippen LogP contribution in [0.2, 0.25) is 0 Å². The number of aliphatic hydroxyl groups excluding tert-OH is 1. The summed E-state index contributed by atoms with van der Waals surface area (Å²) in [6.45, 7) is 3.37. The molecule has 1 amide bonds. The van der Waals surface area contributed by atoms with Gasteiger partial charge in [-0.2, -0.15) is 0 Å². The van der Waals surface area contributed by atoms with E-state index in [0.29, 0.717) is 0 Å². The Morgan fingerprint density at radius 3 is 1.76 bits per heavy atom. The van der Waals surface area contributed by atoms with E-state index >= 15 is 0 Å². The van der Waals surface area contributed by atoms with Gasteiger partial charge >= 0.3 is 6.09 Å². The molecule has 0 saturated carbocycles. The van der Waals surface area contributed by atoms with Crippen LogP contribution in [-0.4, -0.2) is 35.9 Å². The zero-order valence-corrected chi connectivity index (χ0v) is 21.2. The van der Waals surface area contributed by atoms with E-state index in [9.17, 15) is 9.90 Å².